The van der Waals surface area contributed by atoms with Crippen molar-refractivity contribution in [2.75, 3.05) is 38.5 Å². The molecule has 0 unspecified atom stereocenters. The molecule has 0 saturated carbocycles. The highest BCUT2D eigenvalue weighted by Crippen LogP contribution is 2.24. The lowest BCUT2D eigenvalue weighted by atomic mass is 10.2. The van der Waals surface area contributed by atoms with Gasteiger partial charge in [-0.15, -0.1) is 0 Å². The van der Waals surface area contributed by atoms with Crippen LogP contribution >= 0.6 is 27.5 Å². The SMILES string of the molecule is CN1CCN(S(=O)(=O)c2cccc(NC(=O)c3ccc(Br)cc3Cl)c2)CC1. The summed E-state index contributed by atoms with van der Waals surface area (Å²) < 4.78 is 28.0. The van der Waals surface area contributed by atoms with E-state index in [4.69, 9.17) is 11.6 Å². The number of benzene rings is 2. The van der Waals surface area contributed by atoms with Crippen molar-refractivity contribution in [3.8, 4) is 0 Å². The van der Waals surface area contributed by atoms with Gasteiger partial charge in [0, 0.05) is 36.3 Å². The van der Waals surface area contributed by atoms with Gasteiger partial charge in [0.25, 0.3) is 5.91 Å². The number of piperazine rings is 1. The molecule has 0 aliphatic carbocycles. The summed E-state index contributed by atoms with van der Waals surface area (Å²) in [6.07, 6.45) is 0. The summed E-state index contributed by atoms with van der Waals surface area (Å²) in [6, 6.07) is 11.2. The minimum absolute atomic E-state index is 0.159. The average molecular weight is 473 g/mol. The number of halogens is 2. The predicted octanol–water partition coefficient (Wildman–Crippen LogP) is 3.29. The minimum atomic E-state index is -3.60. The molecule has 1 aliphatic rings. The number of anilines is 1. The zero-order valence-corrected chi connectivity index (χ0v) is 17.8. The molecule has 0 spiro atoms. The first-order valence-corrected chi connectivity index (χ1v) is 10.9. The number of rotatable bonds is 4. The largest absolute Gasteiger partial charge is 0.322 e. The van der Waals surface area contributed by atoms with Crippen LogP contribution in [-0.4, -0.2) is 56.8 Å². The second-order valence-corrected chi connectivity index (χ2v) is 9.57. The molecule has 0 aromatic heterocycles. The zero-order valence-electron chi connectivity index (χ0n) is 14.7. The summed E-state index contributed by atoms with van der Waals surface area (Å²) in [5, 5.41) is 3.02. The van der Waals surface area contributed by atoms with Gasteiger partial charge in [-0.2, -0.15) is 4.31 Å². The molecular formula is C18H19BrClN3O3S. The van der Waals surface area contributed by atoms with Gasteiger partial charge in [-0.1, -0.05) is 33.6 Å². The van der Waals surface area contributed by atoms with Gasteiger partial charge < -0.3 is 10.2 Å². The number of sulfonamides is 1. The van der Waals surface area contributed by atoms with Crippen LogP contribution in [0.4, 0.5) is 5.69 Å². The summed E-state index contributed by atoms with van der Waals surface area (Å²) in [5.74, 6) is -0.401. The molecule has 9 heteroatoms. The number of carbonyl (C=O) groups excluding carboxylic acids is 1. The van der Waals surface area contributed by atoms with Gasteiger partial charge in [-0.3, -0.25) is 4.79 Å². The first kappa shape index (κ1) is 20.3. The topological polar surface area (TPSA) is 69.7 Å². The quantitative estimate of drug-likeness (QED) is 0.741. The van der Waals surface area contributed by atoms with Gasteiger partial charge in [-0.05, 0) is 43.4 Å². The molecule has 2 aromatic rings. The molecule has 144 valence electrons. The number of carbonyl (C=O) groups is 1. The fourth-order valence-electron chi connectivity index (χ4n) is 2.78. The molecule has 1 heterocycles. The monoisotopic (exact) mass is 471 g/mol. The van der Waals surface area contributed by atoms with Gasteiger partial charge in [0.05, 0.1) is 15.5 Å². The van der Waals surface area contributed by atoms with Crippen molar-refractivity contribution >= 4 is 49.1 Å². The molecule has 6 nitrogen and oxygen atoms in total. The Morgan fingerprint density at radius 3 is 2.48 bits per heavy atom. The van der Waals surface area contributed by atoms with Crippen LogP contribution in [0.3, 0.4) is 0 Å². The number of hydrogen-bond acceptors (Lipinski definition) is 4. The van der Waals surface area contributed by atoms with Crippen molar-refractivity contribution < 1.29 is 13.2 Å². The fraction of sp³-hybridized carbons (Fsp3) is 0.278. The molecule has 3 rings (SSSR count). The summed E-state index contributed by atoms with van der Waals surface area (Å²) in [6.45, 7) is 2.28. The maximum Gasteiger partial charge on any atom is 0.257 e. The van der Waals surface area contributed by atoms with Crippen LogP contribution in [0.1, 0.15) is 10.4 Å². The van der Waals surface area contributed by atoms with E-state index >= 15 is 0 Å². The van der Waals surface area contributed by atoms with Crippen LogP contribution in [-0.2, 0) is 10.0 Å². The Kier molecular flexibility index (Phi) is 6.22. The van der Waals surface area contributed by atoms with Crippen LogP contribution in [0.15, 0.2) is 51.8 Å². The Bertz CT molecular complexity index is 960. The predicted molar refractivity (Wildman–Crippen MR) is 110 cm³/mol. The van der Waals surface area contributed by atoms with Crippen molar-refractivity contribution in [3.05, 3.63) is 57.5 Å². The van der Waals surface area contributed by atoms with Gasteiger partial charge in [0.15, 0.2) is 0 Å². The van der Waals surface area contributed by atoms with E-state index < -0.39 is 15.9 Å². The van der Waals surface area contributed by atoms with E-state index in [0.717, 1.165) is 4.47 Å². The Hall–Kier alpha value is -1.45. The maximum atomic E-state index is 12.9. The lowest BCUT2D eigenvalue weighted by Crippen LogP contribution is -2.47. The lowest BCUT2D eigenvalue weighted by molar-refractivity contribution is 0.102. The molecule has 0 radical (unpaired) electrons. The van der Waals surface area contributed by atoms with Crippen molar-refractivity contribution in [2.45, 2.75) is 4.90 Å². The van der Waals surface area contributed by atoms with Crippen LogP contribution in [0, 0.1) is 0 Å². The third-order valence-corrected chi connectivity index (χ3v) is 7.07. The van der Waals surface area contributed by atoms with Crippen LogP contribution < -0.4 is 5.32 Å². The normalized spacial score (nSPS) is 16.3. The van der Waals surface area contributed by atoms with E-state index in [9.17, 15) is 13.2 Å². The van der Waals surface area contributed by atoms with E-state index in [-0.39, 0.29) is 4.90 Å². The van der Waals surface area contributed by atoms with E-state index in [1.165, 1.54) is 16.4 Å². The summed E-state index contributed by atoms with van der Waals surface area (Å²) in [7, 11) is -1.63. The number of nitrogens with zero attached hydrogens (tertiary/aromatic N) is 2. The second kappa shape index (κ2) is 8.28. The maximum absolute atomic E-state index is 12.9. The van der Waals surface area contributed by atoms with E-state index in [2.05, 4.69) is 26.1 Å². The minimum Gasteiger partial charge on any atom is -0.322 e. The first-order valence-electron chi connectivity index (χ1n) is 8.32. The van der Waals surface area contributed by atoms with Gasteiger partial charge in [-0.25, -0.2) is 8.42 Å². The van der Waals surface area contributed by atoms with Crippen molar-refractivity contribution in [2.24, 2.45) is 0 Å². The standard InChI is InChI=1S/C18H19BrClN3O3S/c1-22-7-9-23(10-8-22)27(25,26)15-4-2-3-14(12-15)21-18(24)16-6-5-13(19)11-17(16)20/h2-6,11-12H,7-10H2,1H3,(H,21,24). The van der Waals surface area contributed by atoms with Gasteiger partial charge in [0.1, 0.15) is 0 Å². The molecular weight excluding hydrogens is 454 g/mol. The van der Waals surface area contributed by atoms with E-state index in [1.54, 1.807) is 30.3 Å². The third-order valence-electron chi connectivity index (χ3n) is 4.37. The Balaban J connectivity index is 1.80. The Labute approximate surface area is 172 Å². The highest BCUT2D eigenvalue weighted by atomic mass is 79.9. The lowest BCUT2D eigenvalue weighted by Gasteiger charge is -2.31. The van der Waals surface area contributed by atoms with Crippen LogP contribution in [0.2, 0.25) is 5.02 Å². The molecule has 1 N–H and O–H groups in total. The molecule has 0 atom stereocenters. The highest BCUT2D eigenvalue weighted by molar-refractivity contribution is 9.10. The number of nitrogens with one attached hydrogen (secondary N) is 1. The summed E-state index contributed by atoms with van der Waals surface area (Å²) in [5.41, 5.74) is 0.710. The smallest absolute Gasteiger partial charge is 0.257 e. The Morgan fingerprint density at radius 2 is 1.81 bits per heavy atom. The number of likely N-dealkylation sites (N-methyl/N-ethyl adjacent to an activating group) is 1. The number of amides is 1. The first-order chi connectivity index (χ1) is 12.8. The summed E-state index contributed by atoms with van der Waals surface area (Å²) >= 11 is 9.40. The zero-order chi connectivity index (χ0) is 19.6. The molecule has 1 fully saturated rings. The number of hydrogen-bond donors (Lipinski definition) is 1. The molecule has 1 amide bonds. The molecule has 1 aliphatic heterocycles. The molecule has 0 bridgehead atoms. The molecule has 27 heavy (non-hydrogen) atoms. The van der Waals surface area contributed by atoms with Gasteiger partial charge in [0.2, 0.25) is 10.0 Å². The molecule has 1 saturated heterocycles. The van der Waals surface area contributed by atoms with Gasteiger partial charge >= 0.3 is 0 Å². The van der Waals surface area contributed by atoms with Crippen molar-refractivity contribution in [1.82, 2.24) is 9.21 Å². The Morgan fingerprint density at radius 1 is 1.11 bits per heavy atom. The van der Waals surface area contributed by atoms with Crippen molar-refractivity contribution in [3.63, 3.8) is 0 Å². The van der Waals surface area contributed by atoms with E-state index in [0.29, 0.717) is 42.5 Å². The average Bonchev–Trinajstić information content (AvgIpc) is 2.62. The molecule has 2 aromatic carbocycles. The van der Waals surface area contributed by atoms with E-state index in [1.807, 2.05) is 7.05 Å². The van der Waals surface area contributed by atoms with Crippen LogP contribution in [0.25, 0.3) is 0 Å². The summed E-state index contributed by atoms with van der Waals surface area (Å²) in [4.78, 5) is 14.7. The highest BCUT2D eigenvalue weighted by Gasteiger charge is 2.27. The van der Waals surface area contributed by atoms with Crippen molar-refractivity contribution in [1.29, 1.82) is 0 Å². The third kappa shape index (κ3) is 4.70. The fourth-order valence-corrected chi connectivity index (χ4v) is 5.01. The second-order valence-electron chi connectivity index (χ2n) is 6.31. The van der Waals surface area contributed by atoms with Crippen LogP contribution in [0.5, 0.6) is 0 Å².